The Labute approximate surface area is 173 Å². The van der Waals surface area contributed by atoms with Gasteiger partial charge in [0.1, 0.15) is 5.82 Å². The number of hydrogen-bond donors (Lipinski definition) is 1. The molecule has 2 aromatic rings. The fraction of sp³-hybridized carbons (Fsp3) is 0.400. The van der Waals surface area contributed by atoms with E-state index in [0.29, 0.717) is 22.5 Å². The van der Waals surface area contributed by atoms with Crippen molar-refractivity contribution in [2.75, 3.05) is 32.5 Å². The van der Waals surface area contributed by atoms with E-state index < -0.39 is 11.7 Å². The molecule has 2 amide bonds. The van der Waals surface area contributed by atoms with Crippen LogP contribution in [-0.2, 0) is 0 Å². The van der Waals surface area contributed by atoms with E-state index in [-0.39, 0.29) is 16.5 Å². The average Bonchev–Trinajstić information content (AvgIpc) is 3.01. The van der Waals surface area contributed by atoms with E-state index >= 15 is 0 Å². The number of likely N-dealkylation sites (N-methyl/N-ethyl adjacent to an activating group) is 1. The maximum absolute atomic E-state index is 13.2. The normalized spacial score (nSPS) is 17.1. The molecule has 5 nitrogen and oxygen atoms in total. The monoisotopic (exact) mass is 423 g/mol. The van der Waals surface area contributed by atoms with Crippen molar-refractivity contribution in [2.45, 2.75) is 25.8 Å². The second kappa shape index (κ2) is 8.59. The molecule has 1 N–H and O–H groups in total. The highest BCUT2D eigenvalue weighted by Crippen LogP contribution is 2.30. The summed E-state index contributed by atoms with van der Waals surface area (Å²) in [6.07, 6.45) is 2.06. The SMILES string of the molecule is Cc1cc(NC(=O)c2ccc(F)cc2Cl)sc1C(=O)N1CCCC(N(C)C)C1. The number of likely N-dealkylation sites (tertiary alicyclic amines) is 1. The summed E-state index contributed by atoms with van der Waals surface area (Å²) in [5.74, 6) is -0.941. The number of thiophene rings is 1. The lowest BCUT2D eigenvalue weighted by atomic mass is 10.0. The number of amides is 2. The summed E-state index contributed by atoms with van der Waals surface area (Å²) in [4.78, 5) is 30.1. The Morgan fingerprint density at radius 2 is 2.07 bits per heavy atom. The number of aryl methyl sites for hydroxylation is 1. The lowest BCUT2D eigenvalue weighted by Gasteiger charge is -2.36. The molecular formula is C20H23ClFN3O2S. The van der Waals surface area contributed by atoms with Gasteiger partial charge in [-0.2, -0.15) is 0 Å². The van der Waals surface area contributed by atoms with Crippen LogP contribution in [-0.4, -0.2) is 54.8 Å². The number of benzene rings is 1. The van der Waals surface area contributed by atoms with Gasteiger partial charge >= 0.3 is 0 Å². The number of nitrogens with one attached hydrogen (secondary N) is 1. The quantitative estimate of drug-likeness (QED) is 0.799. The zero-order valence-corrected chi connectivity index (χ0v) is 17.7. The third-order valence-corrected chi connectivity index (χ3v) is 6.39. The maximum atomic E-state index is 13.2. The second-order valence-electron chi connectivity index (χ2n) is 7.21. The van der Waals surface area contributed by atoms with Gasteiger partial charge in [-0.15, -0.1) is 11.3 Å². The molecular weight excluding hydrogens is 401 g/mol. The van der Waals surface area contributed by atoms with Crippen molar-refractivity contribution in [2.24, 2.45) is 0 Å². The largest absolute Gasteiger partial charge is 0.336 e. The van der Waals surface area contributed by atoms with E-state index in [1.165, 1.54) is 23.5 Å². The van der Waals surface area contributed by atoms with Gasteiger partial charge in [0.15, 0.2) is 0 Å². The summed E-state index contributed by atoms with van der Waals surface area (Å²) in [7, 11) is 4.06. The molecule has 0 aliphatic carbocycles. The van der Waals surface area contributed by atoms with E-state index in [1.54, 1.807) is 6.07 Å². The molecule has 1 unspecified atom stereocenters. The molecule has 1 aromatic carbocycles. The third-order valence-electron chi connectivity index (χ3n) is 4.94. The van der Waals surface area contributed by atoms with Gasteiger partial charge in [0.2, 0.25) is 0 Å². The molecule has 1 aliphatic rings. The highest BCUT2D eigenvalue weighted by molar-refractivity contribution is 7.18. The van der Waals surface area contributed by atoms with Crippen molar-refractivity contribution in [3.8, 4) is 0 Å². The minimum Gasteiger partial charge on any atom is -0.336 e. The molecule has 0 saturated carbocycles. The van der Waals surface area contributed by atoms with Gasteiger partial charge in [-0.05, 0) is 63.7 Å². The molecule has 1 aliphatic heterocycles. The molecule has 3 rings (SSSR count). The number of anilines is 1. The Balaban J connectivity index is 1.73. The van der Waals surface area contributed by atoms with Crippen LogP contribution in [0.2, 0.25) is 5.02 Å². The summed E-state index contributed by atoms with van der Waals surface area (Å²) in [5.41, 5.74) is 1.01. The number of carbonyl (C=O) groups is 2. The molecule has 1 atom stereocenters. The molecule has 1 saturated heterocycles. The Bertz CT molecular complexity index is 900. The van der Waals surface area contributed by atoms with Gasteiger partial charge in [0.05, 0.1) is 20.5 Å². The minimum atomic E-state index is -0.501. The summed E-state index contributed by atoms with van der Waals surface area (Å²) in [6.45, 7) is 3.31. The Morgan fingerprint density at radius 3 is 2.75 bits per heavy atom. The number of carbonyl (C=O) groups excluding carboxylic acids is 2. The van der Waals surface area contributed by atoms with Crippen LogP contribution in [0.5, 0.6) is 0 Å². The van der Waals surface area contributed by atoms with Gasteiger partial charge < -0.3 is 15.1 Å². The van der Waals surface area contributed by atoms with Crippen LogP contribution in [0.1, 0.15) is 38.4 Å². The lowest BCUT2D eigenvalue weighted by molar-refractivity contribution is 0.0639. The second-order valence-corrected chi connectivity index (χ2v) is 8.67. The topological polar surface area (TPSA) is 52.7 Å². The van der Waals surface area contributed by atoms with Crippen molar-refractivity contribution >= 4 is 39.8 Å². The molecule has 0 bridgehead atoms. The minimum absolute atomic E-state index is 0.00522. The van der Waals surface area contributed by atoms with Gasteiger partial charge in [-0.25, -0.2) is 4.39 Å². The zero-order valence-electron chi connectivity index (χ0n) is 16.1. The van der Waals surface area contributed by atoms with Crippen LogP contribution in [0.25, 0.3) is 0 Å². The summed E-state index contributed by atoms with van der Waals surface area (Å²) < 4.78 is 13.2. The number of nitrogens with zero attached hydrogens (tertiary/aromatic N) is 2. The third kappa shape index (κ3) is 4.54. The molecule has 8 heteroatoms. The fourth-order valence-corrected chi connectivity index (χ4v) is 4.60. The highest BCUT2D eigenvalue weighted by atomic mass is 35.5. The first kappa shape index (κ1) is 20.8. The molecule has 150 valence electrons. The first-order valence-electron chi connectivity index (χ1n) is 9.09. The van der Waals surface area contributed by atoms with Crippen molar-refractivity contribution in [1.82, 2.24) is 9.80 Å². The van der Waals surface area contributed by atoms with Crippen molar-refractivity contribution in [1.29, 1.82) is 0 Å². The lowest BCUT2D eigenvalue weighted by Crippen LogP contribution is -2.47. The average molecular weight is 424 g/mol. The Hall–Kier alpha value is -1.96. The molecule has 0 spiro atoms. The van der Waals surface area contributed by atoms with Gasteiger partial charge in [-0.3, -0.25) is 9.59 Å². The van der Waals surface area contributed by atoms with E-state index in [9.17, 15) is 14.0 Å². The van der Waals surface area contributed by atoms with E-state index in [2.05, 4.69) is 10.2 Å². The van der Waals surface area contributed by atoms with Crippen LogP contribution >= 0.6 is 22.9 Å². The molecule has 28 heavy (non-hydrogen) atoms. The van der Waals surface area contributed by atoms with Crippen molar-refractivity contribution in [3.05, 3.63) is 51.1 Å². The summed E-state index contributed by atoms with van der Waals surface area (Å²) in [6, 6.07) is 5.77. The van der Waals surface area contributed by atoms with Crippen LogP contribution in [0.3, 0.4) is 0 Å². The number of halogens is 2. The first-order valence-corrected chi connectivity index (χ1v) is 10.3. The first-order chi connectivity index (χ1) is 13.3. The van der Waals surface area contributed by atoms with Crippen molar-refractivity contribution in [3.63, 3.8) is 0 Å². The molecule has 1 aromatic heterocycles. The van der Waals surface area contributed by atoms with Crippen LogP contribution in [0.15, 0.2) is 24.3 Å². The molecule has 0 radical (unpaired) electrons. The number of piperidine rings is 1. The number of hydrogen-bond acceptors (Lipinski definition) is 4. The highest BCUT2D eigenvalue weighted by Gasteiger charge is 2.27. The van der Waals surface area contributed by atoms with Crippen LogP contribution in [0, 0.1) is 12.7 Å². The zero-order chi connectivity index (χ0) is 20.4. The smallest absolute Gasteiger partial charge is 0.264 e. The predicted molar refractivity (Wildman–Crippen MR) is 111 cm³/mol. The standard InChI is InChI=1S/C20H23ClFN3O2S/c1-12-9-17(23-19(26)15-7-6-13(22)10-16(15)21)28-18(12)20(27)25-8-4-5-14(11-25)24(2)3/h6-7,9-10,14H,4-5,8,11H2,1-3H3,(H,23,26). The maximum Gasteiger partial charge on any atom is 0.264 e. The van der Waals surface area contributed by atoms with E-state index in [0.717, 1.165) is 31.0 Å². The Kier molecular flexibility index (Phi) is 6.37. The summed E-state index contributed by atoms with van der Waals surface area (Å²) in [5, 5.41) is 3.37. The molecule has 1 fully saturated rings. The van der Waals surface area contributed by atoms with E-state index in [4.69, 9.17) is 11.6 Å². The van der Waals surface area contributed by atoms with Crippen molar-refractivity contribution < 1.29 is 14.0 Å². The van der Waals surface area contributed by atoms with Gasteiger partial charge in [0, 0.05) is 19.1 Å². The number of rotatable bonds is 4. The van der Waals surface area contributed by atoms with Gasteiger partial charge in [-0.1, -0.05) is 11.6 Å². The van der Waals surface area contributed by atoms with E-state index in [1.807, 2.05) is 25.9 Å². The summed E-state index contributed by atoms with van der Waals surface area (Å²) >= 11 is 7.21. The Morgan fingerprint density at radius 1 is 1.32 bits per heavy atom. The molecule has 2 heterocycles. The van der Waals surface area contributed by atoms with Crippen LogP contribution < -0.4 is 5.32 Å². The van der Waals surface area contributed by atoms with Gasteiger partial charge in [0.25, 0.3) is 11.8 Å². The van der Waals surface area contributed by atoms with Crippen LogP contribution in [0.4, 0.5) is 9.39 Å². The predicted octanol–water partition coefficient (Wildman–Crippen LogP) is 4.27. The fourth-order valence-electron chi connectivity index (χ4n) is 3.31.